The molecule has 0 spiro atoms. The van der Waals surface area contributed by atoms with Crippen molar-refractivity contribution in [2.45, 2.75) is 17.7 Å². The lowest BCUT2D eigenvalue weighted by Crippen LogP contribution is -2.41. The minimum atomic E-state index is -3.57. The summed E-state index contributed by atoms with van der Waals surface area (Å²) in [5.74, 6) is -0.611. The van der Waals surface area contributed by atoms with Crippen molar-refractivity contribution < 1.29 is 13.2 Å². The molecule has 19 heavy (non-hydrogen) atoms. The number of aromatic nitrogens is 1. The largest absolute Gasteiger partial charge is 0.369 e. The number of carbonyl (C=O) groups is 1. The van der Waals surface area contributed by atoms with Crippen molar-refractivity contribution in [3.8, 4) is 0 Å². The van der Waals surface area contributed by atoms with Gasteiger partial charge in [0.15, 0.2) is 0 Å². The van der Waals surface area contributed by atoms with Crippen LogP contribution in [-0.4, -0.2) is 36.7 Å². The van der Waals surface area contributed by atoms with Crippen LogP contribution in [0.25, 0.3) is 0 Å². The predicted octanol–water partition coefficient (Wildman–Crippen LogP) is 0.621. The molecule has 0 atom stereocenters. The number of piperidine rings is 1. The van der Waals surface area contributed by atoms with Gasteiger partial charge in [-0.3, -0.25) is 4.79 Å². The number of sulfonamides is 1. The van der Waals surface area contributed by atoms with Gasteiger partial charge in [0.05, 0.1) is 0 Å². The topological polar surface area (TPSA) is 93.4 Å². The van der Waals surface area contributed by atoms with Crippen LogP contribution >= 0.6 is 11.6 Å². The number of primary amides is 1. The van der Waals surface area contributed by atoms with E-state index in [0.717, 1.165) is 0 Å². The fourth-order valence-corrected chi connectivity index (χ4v) is 3.57. The Morgan fingerprint density at radius 1 is 1.37 bits per heavy atom. The van der Waals surface area contributed by atoms with E-state index in [2.05, 4.69) is 4.98 Å². The van der Waals surface area contributed by atoms with Crippen LogP contribution < -0.4 is 5.73 Å². The van der Waals surface area contributed by atoms with Crippen LogP contribution in [-0.2, 0) is 14.8 Å². The maximum Gasteiger partial charge on any atom is 0.244 e. The Labute approximate surface area is 116 Å². The molecule has 0 saturated carbocycles. The Morgan fingerprint density at radius 2 is 2.00 bits per heavy atom. The van der Waals surface area contributed by atoms with E-state index < -0.39 is 10.0 Å². The van der Waals surface area contributed by atoms with Crippen LogP contribution in [0.2, 0.25) is 5.15 Å². The van der Waals surface area contributed by atoms with Crippen molar-refractivity contribution in [1.29, 1.82) is 0 Å². The van der Waals surface area contributed by atoms with Crippen molar-refractivity contribution in [3.05, 3.63) is 23.5 Å². The lowest BCUT2D eigenvalue weighted by molar-refractivity contribution is -0.122. The highest BCUT2D eigenvalue weighted by Gasteiger charge is 2.31. The first kappa shape index (κ1) is 14.2. The highest BCUT2D eigenvalue weighted by atomic mass is 35.5. The standard InChI is InChI=1S/C11H14ClN3O3S/c12-10-2-1-9(7-14-10)19(17,18)15-5-3-8(4-6-15)11(13)16/h1-2,7-8H,3-6H2,(H2,13,16). The third-order valence-electron chi connectivity index (χ3n) is 3.19. The molecular weight excluding hydrogens is 290 g/mol. The van der Waals surface area contributed by atoms with Gasteiger partial charge < -0.3 is 5.73 Å². The molecule has 2 N–H and O–H groups in total. The molecule has 2 heterocycles. The molecule has 0 aromatic carbocycles. The predicted molar refractivity (Wildman–Crippen MR) is 69.9 cm³/mol. The number of amides is 1. The average molecular weight is 304 g/mol. The molecule has 0 aliphatic carbocycles. The van der Waals surface area contributed by atoms with Crippen molar-refractivity contribution in [2.75, 3.05) is 13.1 Å². The normalized spacial score (nSPS) is 18.4. The van der Waals surface area contributed by atoms with Crippen LogP contribution in [0.15, 0.2) is 23.2 Å². The molecule has 2 rings (SSSR count). The smallest absolute Gasteiger partial charge is 0.244 e. The minimum Gasteiger partial charge on any atom is -0.369 e. The Balaban J connectivity index is 2.14. The van der Waals surface area contributed by atoms with Gasteiger partial charge in [-0.1, -0.05) is 11.6 Å². The van der Waals surface area contributed by atoms with E-state index in [0.29, 0.717) is 25.9 Å². The van der Waals surface area contributed by atoms with Gasteiger partial charge in [0.2, 0.25) is 15.9 Å². The summed E-state index contributed by atoms with van der Waals surface area (Å²) in [6.07, 6.45) is 2.14. The number of halogens is 1. The van der Waals surface area contributed by atoms with E-state index >= 15 is 0 Å². The lowest BCUT2D eigenvalue weighted by atomic mass is 9.98. The second-order valence-electron chi connectivity index (χ2n) is 4.40. The average Bonchev–Trinajstić information content (AvgIpc) is 2.39. The monoisotopic (exact) mass is 303 g/mol. The molecule has 0 unspecified atom stereocenters. The van der Waals surface area contributed by atoms with Gasteiger partial charge in [-0.25, -0.2) is 13.4 Å². The molecule has 1 aromatic heterocycles. The Bertz CT molecular complexity index is 565. The SMILES string of the molecule is NC(=O)C1CCN(S(=O)(=O)c2ccc(Cl)nc2)CC1. The molecule has 0 bridgehead atoms. The van der Waals surface area contributed by atoms with E-state index in [-0.39, 0.29) is 21.9 Å². The summed E-state index contributed by atoms with van der Waals surface area (Å²) < 4.78 is 25.9. The number of nitrogens with zero attached hydrogens (tertiary/aromatic N) is 2. The molecule has 6 nitrogen and oxygen atoms in total. The minimum absolute atomic E-state index is 0.106. The summed E-state index contributed by atoms with van der Waals surface area (Å²) in [6, 6.07) is 2.86. The highest BCUT2D eigenvalue weighted by molar-refractivity contribution is 7.89. The van der Waals surface area contributed by atoms with Gasteiger partial charge in [0.1, 0.15) is 10.0 Å². The van der Waals surface area contributed by atoms with Crippen LogP contribution in [0.3, 0.4) is 0 Å². The number of carbonyl (C=O) groups excluding carboxylic acids is 1. The van der Waals surface area contributed by atoms with Crippen LogP contribution in [0.5, 0.6) is 0 Å². The van der Waals surface area contributed by atoms with E-state index in [4.69, 9.17) is 17.3 Å². The second-order valence-corrected chi connectivity index (χ2v) is 6.72. The molecule has 0 radical (unpaired) electrons. The summed E-state index contributed by atoms with van der Waals surface area (Å²) in [5.41, 5.74) is 5.22. The first-order valence-electron chi connectivity index (χ1n) is 5.82. The van der Waals surface area contributed by atoms with Crippen molar-refractivity contribution >= 4 is 27.5 Å². The fourth-order valence-electron chi connectivity index (χ4n) is 2.04. The van der Waals surface area contributed by atoms with Crippen LogP contribution in [0.1, 0.15) is 12.8 Å². The van der Waals surface area contributed by atoms with Gasteiger partial charge in [-0.15, -0.1) is 0 Å². The number of hydrogen-bond donors (Lipinski definition) is 1. The molecule has 1 saturated heterocycles. The van der Waals surface area contributed by atoms with E-state index in [1.807, 2.05) is 0 Å². The van der Waals surface area contributed by atoms with Crippen molar-refractivity contribution in [2.24, 2.45) is 11.7 Å². The lowest BCUT2D eigenvalue weighted by Gasteiger charge is -2.29. The fraction of sp³-hybridized carbons (Fsp3) is 0.455. The zero-order valence-electron chi connectivity index (χ0n) is 10.1. The molecule has 1 aromatic rings. The number of hydrogen-bond acceptors (Lipinski definition) is 4. The first-order valence-corrected chi connectivity index (χ1v) is 7.64. The van der Waals surface area contributed by atoms with E-state index in [1.54, 1.807) is 0 Å². The Morgan fingerprint density at radius 3 is 2.47 bits per heavy atom. The third-order valence-corrected chi connectivity index (χ3v) is 5.30. The Kier molecular flexibility index (Phi) is 4.07. The molecule has 8 heteroatoms. The van der Waals surface area contributed by atoms with Crippen molar-refractivity contribution in [3.63, 3.8) is 0 Å². The summed E-state index contributed by atoms with van der Waals surface area (Å²) >= 11 is 5.63. The molecule has 1 amide bonds. The zero-order chi connectivity index (χ0) is 14.0. The first-order chi connectivity index (χ1) is 8.91. The molecule has 1 aliphatic rings. The molecule has 1 aliphatic heterocycles. The molecule has 1 fully saturated rings. The summed E-state index contributed by atoms with van der Waals surface area (Å²) in [7, 11) is -3.57. The number of rotatable bonds is 3. The third kappa shape index (κ3) is 3.05. The quantitative estimate of drug-likeness (QED) is 0.828. The maximum atomic E-state index is 12.3. The van der Waals surface area contributed by atoms with Crippen LogP contribution in [0, 0.1) is 5.92 Å². The summed E-state index contributed by atoms with van der Waals surface area (Å²) in [5, 5.41) is 0.242. The van der Waals surface area contributed by atoms with Crippen molar-refractivity contribution in [1.82, 2.24) is 9.29 Å². The van der Waals surface area contributed by atoms with Gasteiger partial charge in [-0.05, 0) is 25.0 Å². The summed E-state index contributed by atoms with van der Waals surface area (Å²) in [6.45, 7) is 0.580. The summed E-state index contributed by atoms with van der Waals surface area (Å²) in [4.78, 5) is 14.9. The molecule has 104 valence electrons. The van der Waals surface area contributed by atoms with Gasteiger partial charge in [-0.2, -0.15) is 4.31 Å². The number of nitrogens with two attached hydrogens (primary N) is 1. The van der Waals surface area contributed by atoms with Gasteiger partial charge in [0, 0.05) is 25.2 Å². The Hall–Kier alpha value is -1.18. The number of pyridine rings is 1. The maximum absolute atomic E-state index is 12.3. The zero-order valence-corrected chi connectivity index (χ0v) is 11.7. The van der Waals surface area contributed by atoms with E-state index in [1.165, 1.54) is 22.6 Å². The highest BCUT2D eigenvalue weighted by Crippen LogP contribution is 2.23. The van der Waals surface area contributed by atoms with Gasteiger partial charge in [0.25, 0.3) is 0 Å². The molecular formula is C11H14ClN3O3S. The second kappa shape index (κ2) is 5.44. The van der Waals surface area contributed by atoms with E-state index in [9.17, 15) is 13.2 Å². The van der Waals surface area contributed by atoms with Gasteiger partial charge >= 0.3 is 0 Å². The van der Waals surface area contributed by atoms with Crippen LogP contribution in [0.4, 0.5) is 0 Å².